The summed E-state index contributed by atoms with van der Waals surface area (Å²) in [6.45, 7) is 0. The highest BCUT2D eigenvalue weighted by Gasteiger charge is 2.33. The van der Waals surface area contributed by atoms with Crippen molar-refractivity contribution < 1.29 is 35.9 Å². The molecular formula is C18H15ClF3NO5S. The van der Waals surface area contributed by atoms with E-state index in [1.807, 2.05) is 0 Å². The second-order valence-corrected chi connectivity index (χ2v) is 7.61. The summed E-state index contributed by atoms with van der Waals surface area (Å²) in [4.78, 5) is 11.7. The van der Waals surface area contributed by atoms with E-state index in [0.717, 1.165) is 30.4 Å². The van der Waals surface area contributed by atoms with E-state index in [-0.39, 0.29) is 22.0 Å². The van der Waals surface area contributed by atoms with E-state index in [1.165, 1.54) is 32.4 Å². The summed E-state index contributed by atoms with van der Waals surface area (Å²) in [6, 6.07) is 7.00. The maximum Gasteiger partial charge on any atom is 0.417 e. The van der Waals surface area contributed by atoms with Crippen molar-refractivity contribution >= 4 is 33.6 Å². The molecule has 6 nitrogen and oxygen atoms in total. The van der Waals surface area contributed by atoms with Crippen LogP contribution in [0.1, 0.15) is 11.1 Å². The van der Waals surface area contributed by atoms with Gasteiger partial charge in [-0.15, -0.1) is 0 Å². The van der Waals surface area contributed by atoms with E-state index in [2.05, 4.69) is 0 Å². The lowest BCUT2D eigenvalue weighted by atomic mass is 10.1. The van der Waals surface area contributed by atoms with Crippen molar-refractivity contribution in [2.75, 3.05) is 14.2 Å². The number of benzene rings is 2. The number of sulfonamides is 1. The smallest absolute Gasteiger partial charge is 0.417 e. The van der Waals surface area contributed by atoms with Crippen LogP contribution in [0.5, 0.6) is 11.5 Å². The maximum atomic E-state index is 12.9. The van der Waals surface area contributed by atoms with Gasteiger partial charge < -0.3 is 9.47 Å². The Morgan fingerprint density at radius 1 is 1.10 bits per heavy atom. The third kappa shape index (κ3) is 5.64. The van der Waals surface area contributed by atoms with Crippen molar-refractivity contribution in [3.63, 3.8) is 0 Å². The summed E-state index contributed by atoms with van der Waals surface area (Å²) in [5.74, 6) is -0.879. The number of carbonyl (C=O) groups excluding carboxylic acids is 1. The van der Waals surface area contributed by atoms with Gasteiger partial charge in [0.1, 0.15) is 16.4 Å². The monoisotopic (exact) mass is 449 g/mol. The van der Waals surface area contributed by atoms with Gasteiger partial charge in [0, 0.05) is 12.1 Å². The average molecular weight is 450 g/mol. The van der Waals surface area contributed by atoms with Crippen LogP contribution in [0.3, 0.4) is 0 Å². The molecule has 0 heterocycles. The molecule has 1 N–H and O–H groups in total. The molecule has 0 saturated heterocycles. The zero-order valence-electron chi connectivity index (χ0n) is 15.1. The summed E-state index contributed by atoms with van der Waals surface area (Å²) in [7, 11) is -1.75. The number of ether oxygens (including phenoxy) is 2. The Morgan fingerprint density at radius 3 is 2.38 bits per heavy atom. The van der Waals surface area contributed by atoms with Gasteiger partial charge in [0.2, 0.25) is 0 Å². The van der Waals surface area contributed by atoms with E-state index in [9.17, 15) is 26.4 Å². The SMILES string of the molecule is COc1ccc(OC)c(S(=O)(=O)NC(=O)/C=C/c2ccc(Cl)c(C(F)(F)F)c2)c1. The highest BCUT2D eigenvalue weighted by Crippen LogP contribution is 2.35. The van der Waals surface area contributed by atoms with Crippen LogP contribution in [0.2, 0.25) is 5.02 Å². The first-order chi connectivity index (χ1) is 13.5. The Balaban J connectivity index is 2.25. The lowest BCUT2D eigenvalue weighted by Crippen LogP contribution is -2.29. The second-order valence-electron chi connectivity index (χ2n) is 5.56. The van der Waals surface area contributed by atoms with Crippen LogP contribution in [0.4, 0.5) is 13.2 Å². The fraction of sp³-hybridized carbons (Fsp3) is 0.167. The van der Waals surface area contributed by atoms with Gasteiger partial charge in [-0.2, -0.15) is 13.2 Å². The molecule has 2 aromatic carbocycles. The number of hydrogen-bond acceptors (Lipinski definition) is 5. The van der Waals surface area contributed by atoms with Crippen molar-refractivity contribution in [3.8, 4) is 11.5 Å². The van der Waals surface area contributed by atoms with Gasteiger partial charge in [-0.1, -0.05) is 17.7 Å². The largest absolute Gasteiger partial charge is 0.497 e. The Labute approximate surface area is 169 Å². The number of methoxy groups -OCH3 is 2. The van der Waals surface area contributed by atoms with Gasteiger partial charge in [-0.3, -0.25) is 4.79 Å². The number of alkyl halides is 3. The van der Waals surface area contributed by atoms with Gasteiger partial charge in [0.15, 0.2) is 0 Å². The summed E-state index contributed by atoms with van der Waals surface area (Å²) in [5, 5.41) is -0.494. The number of halogens is 4. The molecule has 0 aromatic heterocycles. The predicted molar refractivity (Wildman–Crippen MR) is 100 cm³/mol. The zero-order valence-corrected chi connectivity index (χ0v) is 16.7. The fourth-order valence-electron chi connectivity index (χ4n) is 2.25. The first-order valence-electron chi connectivity index (χ1n) is 7.81. The van der Waals surface area contributed by atoms with Crippen molar-refractivity contribution in [1.29, 1.82) is 0 Å². The average Bonchev–Trinajstić information content (AvgIpc) is 2.65. The quantitative estimate of drug-likeness (QED) is 0.676. The molecule has 1 amide bonds. The molecule has 0 radical (unpaired) electrons. The van der Waals surface area contributed by atoms with Gasteiger partial charge >= 0.3 is 6.18 Å². The van der Waals surface area contributed by atoms with Crippen LogP contribution in [0.15, 0.2) is 47.4 Å². The van der Waals surface area contributed by atoms with E-state index in [0.29, 0.717) is 0 Å². The molecule has 0 atom stereocenters. The number of carbonyl (C=O) groups is 1. The third-order valence-electron chi connectivity index (χ3n) is 3.62. The van der Waals surface area contributed by atoms with Crippen LogP contribution in [-0.4, -0.2) is 28.5 Å². The Morgan fingerprint density at radius 2 is 1.79 bits per heavy atom. The number of rotatable bonds is 6. The standard InChI is InChI=1S/C18H15ClF3NO5S/c1-27-12-5-7-15(28-2)16(10-12)29(25,26)23-17(24)8-4-11-3-6-14(19)13(9-11)18(20,21)22/h3-10H,1-2H3,(H,23,24)/b8-4+. The molecule has 2 rings (SSSR count). The minimum absolute atomic E-state index is 0.00762. The van der Waals surface area contributed by atoms with Crippen molar-refractivity contribution in [3.05, 3.63) is 58.6 Å². The topological polar surface area (TPSA) is 81.7 Å². The van der Waals surface area contributed by atoms with Crippen LogP contribution in [0, 0.1) is 0 Å². The molecule has 0 aliphatic rings. The van der Waals surface area contributed by atoms with Crippen molar-refractivity contribution in [1.82, 2.24) is 4.72 Å². The Bertz CT molecular complexity index is 1050. The van der Waals surface area contributed by atoms with E-state index in [1.54, 1.807) is 4.72 Å². The minimum Gasteiger partial charge on any atom is -0.497 e. The molecule has 0 spiro atoms. The highest BCUT2D eigenvalue weighted by atomic mass is 35.5. The number of hydrogen-bond donors (Lipinski definition) is 1. The Kier molecular flexibility index (Phi) is 6.81. The van der Waals surface area contributed by atoms with E-state index >= 15 is 0 Å². The predicted octanol–water partition coefficient (Wildman–Crippen LogP) is 3.89. The number of amides is 1. The minimum atomic E-state index is -4.67. The number of nitrogens with one attached hydrogen (secondary N) is 1. The molecule has 11 heteroatoms. The molecule has 0 unspecified atom stereocenters. The van der Waals surface area contributed by atoms with E-state index in [4.69, 9.17) is 21.1 Å². The third-order valence-corrected chi connectivity index (χ3v) is 5.32. The van der Waals surface area contributed by atoms with Crippen molar-refractivity contribution in [2.45, 2.75) is 11.1 Å². The molecule has 29 heavy (non-hydrogen) atoms. The Hall–Kier alpha value is -2.72. The van der Waals surface area contributed by atoms with Crippen LogP contribution in [0.25, 0.3) is 6.08 Å². The molecule has 156 valence electrons. The normalized spacial score (nSPS) is 12.1. The summed E-state index contributed by atoms with van der Waals surface area (Å²) >= 11 is 5.53. The first kappa shape index (κ1) is 22.6. The molecular weight excluding hydrogens is 435 g/mol. The van der Waals surface area contributed by atoms with Gasteiger partial charge in [0.25, 0.3) is 15.9 Å². The summed E-state index contributed by atoms with van der Waals surface area (Å²) in [5.41, 5.74) is -1.07. The van der Waals surface area contributed by atoms with Crippen LogP contribution in [-0.2, 0) is 21.0 Å². The molecule has 0 saturated carbocycles. The van der Waals surface area contributed by atoms with Gasteiger partial charge in [0.05, 0.1) is 24.8 Å². The molecule has 0 bridgehead atoms. The lowest BCUT2D eigenvalue weighted by Gasteiger charge is -2.11. The highest BCUT2D eigenvalue weighted by molar-refractivity contribution is 7.90. The van der Waals surface area contributed by atoms with Crippen LogP contribution < -0.4 is 14.2 Å². The molecule has 0 fully saturated rings. The molecule has 2 aromatic rings. The first-order valence-corrected chi connectivity index (χ1v) is 9.67. The lowest BCUT2D eigenvalue weighted by molar-refractivity contribution is -0.137. The van der Waals surface area contributed by atoms with E-state index < -0.39 is 32.7 Å². The van der Waals surface area contributed by atoms with Crippen LogP contribution >= 0.6 is 11.6 Å². The molecule has 0 aliphatic heterocycles. The molecule has 0 aliphatic carbocycles. The summed E-state index contributed by atoms with van der Waals surface area (Å²) in [6.07, 6.45) is -2.86. The van der Waals surface area contributed by atoms with Crippen molar-refractivity contribution in [2.24, 2.45) is 0 Å². The van der Waals surface area contributed by atoms with Gasteiger partial charge in [-0.25, -0.2) is 13.1 Å². The zero-order chi connectivity index (χ0) is 21.8. The second kappa shape index (κ2) is 8.75. The van der Waals surface area contributed by atoms with Gasteiger partial charge in [-0.05, 0) is 35.9 Å². The summed E-state index contributed by atoms with van der Waals surface area (Å²) < 4.78 is 75.3. The fourth-order valence-corrected chi connectivity index (χ4v) is 3.61. The maximum absolute atomic E-state index is 12.9.